The van der Waals surface area contributed by atoms with Crippen LogP contribution in [-0.4, -0.2) is 46.0 Å². The van der Waals surface area contributed by atoms with Gasteiger partial charge in [0.25, 0.3) is 0 Å². The first-order valence-corrected chi connectivity index (χ1v) is 8.72. The Balaban J connectivity index is 1.87. The van der Waals surface area contributed by atoms with Crippen molar-refractivity contribution in [1.29, 1.82) is 0 Å². The summed E-state index contributed by atoms with van der Waals surface area (Å²) in [6, 6.07) is 7.10. The van der Waals surface area contributed by atoms with Crippen LogP contribution in [0.4, 0.5) is 0 Å². The summed E-state index contributed by atoms with van der Waals surface area (Å²) in [4.78, 5) is 25.1. The normalized spacial score (nSPS) is 18.0. The fourth-order valence-electron chi connectivity index (χ4n) is 2.72. The molecule has 0 aromatic heterocycles. The minimum absolute atomic E-state index is 0.223. The van der Waals surface area contributed by atoms with Gasteiger partial charge in [-0.2, -0.15) is 0 Å². The van der Waals surface area contributed by atoms with Gasteiger partial charge in [0, 0.05) is 13.1 Å². The molecule has 0 bridgehead atoms. The Kier molecular flexibility index (Phi) is 5.89. The highest BCUT2D eigenvalue weighted by atomic mass is 32.2. The fourth-order valence-corrected chi connectivity index (χ4v) is 3.38. The van der Waals surface area contributed by atoms with Gasteiger partial charge in [0.15, 0.2) is 0 Å². The van der Waals surface area contributed by atoms with Gasteiger partial charge < -0.3 is 10.0 Å². The average Bonchev–Trinajstić information content (AvgIpc) is 2.93. The standard InChI is InChI=1S/C17H23NO3S/c1-12(2)22-11-16(19)18-7-6-14(10-18)8-13-4-3-5-15(9-13)17(20)21/h3-5,9,12,14H,6-8,10-11H2,1-2H3,(H,20,21)/t14-/m0/s1. The van der Waals surface area contributed by atoms with Crippen molar-refractivity contribution in [3.8, 4) is 0 Å². The van der Waals surface area contributed by atoms with E-state index in [0.29, 0.717) is 22.5 Å². The molecule has 1 amide bonds. The van der Waals surface area contributed by atoms with Crippen LogP contribution in [0.25, 0.3) is 0 Å². The predicted molar refractivity (Wildman–Crippen MR) is 89.4 cm³/mol. The number of hydrogen-bond donors (Lipinski definition) is 1. The number of hydrogen-bond acceptors (Lipinski definition) is 3. The van der Waals surface area contributed by atoms with Crippen molar-refractivity contribution in [3.63, 3.8) is 0 Å². The summed E-state index contributed by atoms with van der Waals surface area (Å²) in [5, 5.41) is 9.51. The van der Waals surface area contributed by atoms with E-state index in [-0.39, 0.29) is 5.91 Å². The Bertz CT molecular complexity index is 544. The monoisotopic (exact) mass is 321 g/mol. The summed E-state index contributed by atoms with van der Waals surface area (Å²) in [6.45, 7) is 5.80. The van der Waals surface area contributed by atoms with Crippen LogP contribution in [0.1, 0.15) is 36.2 Å². The number of aromatic carboxylic acids is 1. The van der Waals surface area contributed by atoms with Gasteiger partial charge >= 0.3 is 5.97 Å². The van der Waals surface area contributed by atoms with E-state index < -0.39 is 5.97 Å². The summed E-state index contributed by atoms with van der Waals surface area (Å²) in [6.07, 6.45) is 1.83. The Hall–Kier alpha value is -1.49. The van der Waals surface area contributed by atoms with E-state index in [1.54, 1.807) is 30.0 Å². The van der Waals surface area contributed by atoms with E-state index in [4.69, 9.17) is 5.11 Å². The molecule has 5 heteroatoms. The molecule has 120 valence electrons. The Morgan fingerprint density at radius 1 is 1.41 bits per heavy atom. The molecule has 2 rings (SSSR count). The van der Waals surface area contributed by atoms with Crippen LogP contribution >= 0.6 is 11.8 Å². The fraction of sp³-hybridized carbons (Fsp3) is 0.529. The zero-order valence-corrected chi connectivity index (χ0v) is 13.9. The third-order valence-corrected chi connectivity index (χ3v) is 4.96. The molecule has 1 fully saturated rings. The second-order valence-corrected chi connectivity index (χ2v) is 7.63. The van der Waals surface area contributed by atoms with Gasteiger partial charge in [-0.05, 0) is 41.7 Å². The number of carbonyl (C=O) groups excluding carboxylic acids is 1. The molecule has 22 heavy (non-hydrogen) atoms. The average molecular weight is 321 g/mol. The molecule has 4 nitrogen and oxygen atoms in total. The number of amides is 1. The molecule has 1 aliphatic rings. The maximum atomic E-state index is 12.1. The highest BCUT2D eigenvalue weighted by Crippen LogP contribution is 2.22. The zero-order chi connectivity index (χ0) is 16.1. The quantitative estimate of drug-likeness (QED) is 0.875. The molecule has 0 saturated carbocycles. The first-order chi connectivity index (χ1) is 10.5. The van der Waals surface area contributed by atoms with Gasteiger partial charge in [-0.1, -0.05) is 26.0 Å². The van der Waals surface area contributed by atoms with Crippen LogP contribution in [-0.2, 0) is 11.2 Å². The molecule has 1 aromatic rings. The lowest BCUT2D eigenvalue weighted by Crippen LogP contribution is -2.30. The van der Waals surface area contributed by atoms with Crippen LogP contribution in [0.15, 0.2) is 24.3 Å². The van der Waals surface area contributed by atoms with E-state index in [1.165, 1.54) is 0 Å². The van der Waals surface area contributed by atoms with E-state index in [2.05, 4.69) is 13.8 Å². The van der Waals surface area contributed by atoms with Gasteiger partial charge in [0.2, 0.25) is 5.91 Å². The van der Waals surface area contributed by atoms with E-state index in [0.717, 1.165) is 31.5 Å². The highest BCUT2D eigenvalue weighted by molar-refractivity contribution is 8.00. The van der Waals surface area contributed by atoms with Gasteiger partial charge in [0.05, 0.1) is 11.3 Å². The first-order valence-electron chi connectivity index (χ1n) is 7.67. The lowest BCUT2D eigenvalue weighted by molar-refractivity contribution is -0.127. The van der Waals surface area contributed by atoms with E-state index in [1.807, 2.05) is 11.0 Å². The number of likely N-dealkylation sites (tertiary alicyclic amines) is 1. The van der Waals surface area contributed by atoms with Crippen LogP contribution < -0.4 is 0 Å². The molecule has 0 unspecified atom stereocenters. The second-order valence-electron chi connectivity index (χ2n) is 6.06. The minimum atomic E-state index is -0.893. The number of rotatable bonds is 6. The second kappa shape index (κ2) is 7.68. The molecule has 1 saturated heterocycles. The Labute approximate surface area is 135 Å². The van der Waals surface area contributed by atoms with Crippen LogP contribution in [0.2, 0.25) is 0 Å². The molecule has 1 N–H and O–H groups in total. The van der Waals surface area contributed by atoms with Gasteiger partial charge in [-0.15, -0.1) is 11.8 Å². The number of thioether (sulfide) groups is 1. The molecule has 1 aliphatic heterocycles. The van der Waals surface area contributed by atoms with Crippen LogP contribution in [0.5, 0.6) is 0 Å². The largest absolute Gasteiger partial charge is 0.478 e. The smallest absolute Gasteiger partial charge is 0.335 e. The number of carbonyl (C=O) groups is 2. The van der Waals surface area contributed by atoms with Crippen molar-refractivity contribution in [3.05, 3.63) is 35.4 Å². The molecular formula is C17H23NO3S. The van der Waals surface area contributed by atoms with Crippen molar-refractivity contribution in [2.45, 2.75) is 31.9 Å². The molecule has 1 aromatic carbocycles. The summed E-state index contributed by atoms with van der Waals surface area (Å²) in [5.74, 6) is 0.312. The maximum Gasteiger partial charge on any atom is 0.335 e. The molecule has 0 radical (unpaired) electrons. The third kappa shape index (κ3) is 4.77. The van der Waals surface area contributed by atoms with Crippen molar-refractivity contribution >= 4 is 23.6 Å². The van der Waals surface area contributed by atoms with E-state index >= 15 is 0 Å². The lowest BCUT2D eigenvalue weighted by atomic mass is 9.97. The number of carboxylic acids is 1. The van der Waals surface area contributed by atoms with Gasteiger partial charge in [-0.3, -0.25) is 4.79 Å². The predicted octanol–water partition coefficient (Wildman–Crippen LogP) is 2.92. The number of nitrogens with zero attached hydrogens (tertiary/aromatic N) is 1. The summed E-state index contributed by atoms with van der Waals surface area (Å²) >= 11 is 1.68. The number of benzene rings is 1. The summed E-state index contributed by atoms with van der Waals surface area (Å²) in [5.41, 5.74) is 1.37. The summed E-state index contributed by atoms with van der Waals surface area (Å²) in [7, 11) is 0. The van der Waals surface area contributed by atoms with Crippen molar-refractivity contribution < 1.29 is 14.7 Å². The molecule has 1 atom stereocenters. The topological polar surface area (TPSA) is 57.6 Å². The van der Waals surface area contributed by atoms with E-state index in [9.17, 15) is 9.59 Å². The molecule has 0 aliphatic carbocycles. The van der Waals surface area contributed by atoms with Crippen molar-refractivity contribution in [1.82, 2.24) is 4.90 Å². The van der Waals surface area contributed by atoms with Gasteiger partial charge in [-0.25, -0.2) is 4.79 Å². The third-order valence-electron chi connectivity index (χ3n) is 3.88. The van der Waals surface area contributed by atoms with Gasteiger partial charge in [0.1, 0.15) is 0 Å². The van der Waals surface area contributed by atoms with Crippen LogP contribution in [0.3, 0.4) is 0 Å². The summed E-state index contributed by atoms with van der Waals surface area (Å²) < 4.78 is 0. The maximum absolute atomic E-state index is 12.1. The SMILES string of the molecule is CC(C)SCC(=O)N1CC[C@@H](Cc2cccc(C(=O)O)c2)C1. The Morgan fingerprint density at radius 2 is 2.18 bits per heavy atom. The van der Waals surface area contributed by atoms with Crippen molar-refractivity contribution in [2.24, 2.45) is 5.92 Å². The number of carboxylic acid groups (broad SMARTS) is 1. The Morgan fingerprint density at radius 3 is 2.86 bits per heavy atom. The molecule has 1 heterocycles. The van der Waals surface area contributed by atoms with Crippen LogP contribution in [0, 0.1) is 5.92 Å². The molecule has 0 spiro atoms. The molecular weight excluding hydrogens is 298 g/mol. The highest BCUT2D eigenvalue weighted by Gasteiger charge is 2.26. The van der Waals surface area contributed by atoms with Crippen molar-refractivity contribution in [2.75, 3.05) is 18.8 Å². The zero-order valence-electron chi connectivity index (χ0n) is 13.1. The first kappa shape index (κ1) is 16.9. The minimum Gasteiger partial charge on any atom is -0.478 e. The lowest BCUT2D eigenvalue weighted by Gasteiger charge is -2.17.